The zero-order valence-electron chi connectivity index (χ0n) is 14.9. The second kappa shape index (κ2) is 7.38. The Morgan fingerprint density at radius 2 is 2.19 bits per heavy atom. The van der Waals surface area contributed by atoms with Crippen LogP contribution in [0.15, 0.2) is 14.3 Å². The average Bonchev–Trinajstić information content (AvgIpc) is 3.32. The third-order valence-corrected chi connectivity index (χ3v) is 7.41. The summed E-state index contributed by atoms with van der Waals surface area (Å²) in [6.45, 7) is 7.33. The maximum Gasteiger partial charge on any atom is 0.263 e. The molecule has 6 nitrogen and oxygen atoms in total. The standard InChI is InChI=1S/C17H20N4O2S3/c1-4-12-9(2)24-14-13(12)15(22)21(8-11-6-5-7-23-11)16(19-14)25-17-18-10(3)20-26-17/h11H,4-8H2,1-3H3. The lowest BCUT2D eigenvalue weighted by Gasteiger charge is -2.15. The third-order valence-electron chi connectivity index (χ3n) is 4.53. The van der Waals surface area contributed by atoms with Crippen molar-refractivity contribution in [3.63, 3.8) is 0 Å². The van der Waals surface area contributed by atoms with Crippen LogP contribution in [0.1, 0.15) is 36.0 Å². The Morgan fingerprint density at radius 3 is 2.85 bits per heavy atom. The normalized spacial score (nSPS) is 17.4. The summed E-state index contributed by atoms with van der Waals surface area (Å²) in [6, 6.07) is 0. The summed E-state index contributed by atoms with van der Waals surface area (Å²) in [6.07, 6.45) is 2.94. The minimum Gasteiger partial charge on any atom is -0.376 e. The largest absolute Gasteiger partial charge is 0.376 e. The molecule has 138 valence electrons. The van der Waals surface area contributed by atoms with Crippen LogP contribution in [0.25, 0.3) is 10.2 Å². The van der Waals surface area contributed by atoms with Gasteiger partial charge in [-0.2, -0.15) is 4.37 Å². The van der Waals surface area contributed by atoms with E-state index in [0.717, 1.165) is 51.8 Å². The van der Waals surface area contributed by atoms with Crippen molar-refractivity contribution in [2.24, 2.45) is 0 Å². The summed E-state index contributed by atoms with van der Waals surface area (Å²) in [5, 5.41) is 1.45. The van der Waals surface area contributed by atoms with Gasteiger partial charge in [0.25, 0.3) is 5.56 Å². The van der Waals surface area contributed by atoms with Crippen molar-refractivity contribution in [1.29, 1.82) is 0 Å². The molecule has 1 saturated heterocycles. The van der Waals surface area contributed by atoms with E-state index in [9.17, 15) is 4.79 Å². The van der Waals surface area contributed by atoms with Gasteiger partial charge >= 0.3 is 0 Å². The van der Waals surface area contributed by atoms with Crippen LogP contribution in [0.2, 0.25) is 0 Å². The van der Waals surface area contributed by atoms with Gasteiger partial charge in [0, 0.05) is 11.5 Å². The third kappa shape index (κ3) is 3.33. The van der Waals surface area contributed by atoms with Crippen LogP contribution >= 0.6 is 34.6 Å². The molecule has 0 saturated carbocycles. The van der Waals surface area contributed by atoms with Crippen molar-refractivity contribution in [2.45, 2.75) is 62.2 Å². The summed E-state index contributed by atoms with van der Waals surface area (Å²) >= 11 is 4.35. The number of rotatable bonds is 5. The van der Waals surface area contributed by atoms with E-state index in [1.54, 1.807) is 15.9 Å². The fourth-order valence-electron chi connectivity index (χ4n) is 3.29. The number of nitrogens with zero attached hydrogens (tertiary/aromatic N) is 4. The van der Waals surface area contributed by atoms with Crippen LogP contribution in [0.3, 0.4) is 0 Å². The lowest BCUT2D eigenvalue weighted by molar-refractivity contribution is 0.0937. The molecule has 3 aromatic rings. The molecule has 0 radical (unpaired) electrons. The van der Waals surface area contributed by atoms with Crippen molar-refractivity contribution < 1.29 is 4.74 Å². The Bertz CT molecular complexity index is 1000. The van der Waals surface area contributed by atoms with Crippen LogP contribution in [0.4, 0.5) is 0 Å². The average molecular weight is 409 g/mol. The van der Waals surface area contributed by atoms with Gasteiger partial charge in [-0.05, 0) is 62.0 Å². The smallest absolute Gasteiger partial charge is 0.263 e. The number of fused-ring (bicyclic) bond motifs is 1. The predicted octanol–water partition coefficient (Wildman–Crippen LogP) is 3.82. The molecule has 0 spiro atoms. The van der Waals surface area contributed by atoms with Crippen molar-refractivity contribution >= 4 is 44.8 Å². The molecule has 0 amide bonds. The summed E-state index contributed by atoms with van der Waals surface area (Å²) in [5.41, 5.74) is 1.15. The molecule has 9 heteroatoms. The number of ether oxygens (including phenoxy) is 1. The second-order valence-corrected chi connectivity index (χ2v) is 9.49. The predicted molar refractivity (Wildman–Crippen MR) is 106 cm³/mol. The molecule has 0 aliphatic carbocycles. The van der Waals surface area contributed by atoms with Crippen molar-refractivity contribution in [2.75, 3.05) is 6.61 Å². The van der Waals surface area contributed by atoms with E-state index < -0.39 is 0 Å². The molecule has 4 rings (SSSR count). The lowest BCUT2D eigenvalue weighted by Crippen LogP contribution is -2.28. The number of hydrogen-bond acceptors (Lipinski definition) is 8. The van der Waals surface area contributed by atoms with E-state index in [1.165, 1.54) is 28.2 Å². The highest BCUT2D eigenvalue weighted by atomic mass is 32.2. The zero-order valence-corrected chi connectivity index (χ0v) is 17.4. The van der Waals surface area contributed by atoms with Crippen LogP contribution in [0, 0.1) is 13.8 Å². The van der Waals surface area contributed by atoms with E-state index in [2.05, 4.69) is 23.2 Å². The summed E-state index contributed by atoms with van der Waals surface area (Å²) in [4.78, 5) is 24.6. The quantitative estimate of drug-likeness (QED) is 0.598. The van der Waals surface area contributed by atoms with Crippen LogP contribution in [0.5, 0.6) is 0 Å². The van der Waals surface area contributed by atoms with E-state index >= 15 is 0 Å². The first kappa shape index (κ1) is 18.1. The minimum atomic E-state index is 0.0374. The number of aromatic nitrogens is 4. The van der Waals surface area contributed by atoms with Crippen molar-refractivity contribution in [3.8, 4) is 0 Å². The van der Waals surface area contributed by atoms with Gasteiger partial charge in [-0.25, -0.2) is 9.97 Å². The highest BCUT2D eigenvalue weighted by molar-refractivity contribution is 8.00. The highest BCUT2D eigenvalue weighted by Gasteiger charge is 2.23. The minimum absolute atomic E-state index is 0.0374. The van der Waals surface area contributed by atoms with E-state index in [-0.39, 0.29) is 11.7 Å². The molecule has 0 bridgehead atoms. The topological polar surface area (TPSA) is 69.9 Å². The van der Waals surface area contributed by atoms with Crippen LogP contribution in [-0.2, 0) is 17.7 Å². The molecule has 1 aliphatic rings. The molecule has 1 aliphatic heterocycles. The Kier molecular flexibility index (Phi) is 5.13. The van der Waals surface area contributed by atoms with Crippen molar-refractivity contribution in [3.05, 3.63) is 26.6 Å². The summed E-state index contributed by atoms with van der Waals surface area (Å²) in [7, 11) is 0. The van der Waals surface area contributed by atoms with E-state index in [1.807, 2.05) is 6.92 Å². The van der Waals surface area contributed by atoms with E-state index in [4.69, 9.17) is 9.72 Å². The van der Waals surface area contributed by atoms with E-state index in [0.29, 0.717) is 11.7 Å². The number of aryl methyl sites for hydroxylation is 3. The Labute approximate surface area is 163 Å². The van der Waals surface area contributed by atoms with Crippen LogP contribution in [-0.4, -0.2) is 31.6 Å². The number of thiophene rings is 1. The Balaban J connectivity index is 1.85. The van der Waals surface area contributed by atoms with Gasteiger partial charge in [0.1, 0.15) is 10.7 Å². The molecule has 1 unspecified atom stereocenters. The van der Waals surface area contributed by atoms with Gasteiger partial charge in [-0.3, -0.25) is 9.36 Å². The van der Waals surface area contributed by atoms with Crippen LogP contribution < -0.4 is 5.56 Å². The Hall–Kier alpha value is -1.29. The summed E-state index contributed by atoms with van der Waals surface area (Å²) < 4.78 is 12.6. The lowest BCUT2D eigenvalue weighted by atomic mass is 10.1. The summed E-state index contributed by atoms with van der Waals surface area (Å²) in [5.74, 6) is 0.742. The number of hydrogen-bond donors (Lipinski definition) is 0. The fourth-order valence-corrected chi connectivity index (χ4v) is 6.09. The maximum atomic E-state index is 13.4. The van der Waals surface area contributed by atoms with Gasteiger partial charge in [0.15, 0.2) is 9.50 Å². The molecule has 26 heavy (non-hydrogen) atoms. The zero-order chi connectivity index (χ0) is 18.3. The fraction of sp³-hybridized carbons (Fsp3) is 0.529. The first-order valence-corrected chi connectivity index (χ1v) is 11.1. The first-order valence-electron chi connectivity index (χ1n) is 8.69. The molecule has 1 fully saturated rings. The molecule has 0 N–H and O–H groups in total. The molecule has 4 heterocycles. The highest BCUT2D eigenvalue weighted by Crippen LogP contribution is 2.33. The molecule has 3 aromatic heterocycles. The van der Waals surface area contributed by atoms with Gasteiger partial charge < -0.3 is 4.74 Å². The Morgan fingerprint density at radius 1 is 1.35 bits per heavy atom. The monoisotopic (exact) mass is 408 g/mol. The maximum absolute atomic E-state index is 13.4. The molecular formula is C17H20N4O2S3. The first-order chi connectivity index (χ1) is 12.6. The second-order valence-electron chi connectivity index (χ2n) is 6.33. The SMILES string of the molecule is CCc1c(C)sc2nc(Sc3nc(C)ns3)n(CC3CCCO3)c(=O)c12. The molecular weight excluding hydrogens is 388 g/mol. The van der Waals surface area contributed by atoms with Gasteiger partial charge in [-0.15, -0.1) is 11.3 Å². The molecule has 1 atom stereocenters. The van der Waals surface area contributed by atoms with Gasteiger partial charge in [-0.1, -0.05) is 6.92 Å². The van der Waals surface area contributed by atoms with Gasteiger partial charge in [0.2, 0.25) is 0 Å². The van der Waals surface area contributed by atoms with Gasteiger partial charge in [0.05, 0.1) is 18.0 Å². The molecule has 0 aromatic carbocycles. The van der Waals surface area contributed by atoms with Crippen molar-refractivity contribution in [1.82, 2.24) is 18.9 Å².